The van der Waals surface area contributed by atoms with Crippen LogP contribution < -0.4 is 0 Å². The van der Waals surface area contributed by atoms with Crippen molar-refractivity contribution in [2.24, 2.45) is 4.99 Å². The van der Waals surface area contributed by atoms with Crippen molar-refractivity contribution >= 4 is 28.3 Å². The Morgan fingerprint density at radius 3 is 2.32 bits per heavy atom. The largest absolute Gasteiger partial charge is 0.308 e. The third kappa shape index (κ3) is 3.03. The lowest BCUT2D eigenvalue weighted by Gasteiger charge is -2.39. The molecule has 6 rings (SSSR count). The highest BCUT2D eigenvalue weighted by atomic mass is 32.2. The molecular formula is C26H18F2N2S. The van der Waals surface area contributed by atoms with Crippen LogP contribution in [0.1, 0.15) is 34.7 Å². The molecule has 0 amide bonds. The first kappa shape index (κ1) is 18.6. The monoisotopic (exact) mass is 428 g/mol. The maximum Gasteiger partial charge on any atom is 0.174 e. The van der Waals surface area contributed by atoms with Gasteiger partial charge >= 0.3 is 0 Å². The summed E-state index contributed by atoms with van der Waals surface area (Å²) in [4.78, 5) is 7.30. The Balaban J connectivity index is 1.53. The smallest absolute Gasteiger partial charge is 0.174 e. The van der Waals surface area contributed by atoms with E-state index in [0.29, 0.717) is 0 Å². The molecule has 2 nitrogen and oxygen atoms in total. The molecule has 0 saturated carbocycles. The standard InChI is InChI=1S/C26H18F2N2S/c27-19-10-5-17(6-11-19)23-15-31-26-29-24-21-4-2-1-3-16(21)9-14-22(24)25(30(23)26)18-7-12-20(28)13-8-18/h1-8,10-13,15,25H,9,14H2/t25-/m1/s1. The van der Waals surface area contributed by atoms with Crippen molar-refractivity contribution < 1.29 is 8.78 Å². The second kappa shape index (κ2) is 7.20. The van der Waals surface area contributed by atoms with Crippen LogP contribution in [0.15, 0.2) is 88.8 Å². The summed E-state index contributed by atoms with van der Waals surface area (Å²) in [5.74, 6) is -0.506. The second-order valence-electron chi connectivity index (χ2n) is 7.88. The lowest BCUT2D eigenvalue weighted by atomic mass is 9.82. The summed E-state index contributed by atoms with van der Waals surface area (Å²) < 4.78 is 27.3. The van der Waals surface area contributed by atoms with Crippen molar-refractivity contribution in [1.82, 2.24) is 4.90 Å². The van der Waals surface area contributed by atoms with E-state index < -0.39 is 0 Å². The zero-order valence-corrected chi connectivity index (χ0v) is 17.4. The summed E-state index contributed by atoms with van der Waals surface area (Å²) in [7, 11) is 0. The number of aryl methyl sites for hydroxylation is 1. The number of halogens is 2. The van der Waals surface area contributed by atoms with Gasteiger partial charge in [0.25, 0.3) is 0 Å². The number of fused-ring (bicyclic) bond motifs is 3. The summed E-state index contributed by atoms with van der Waals surface area (Å²) in [6, 6.07) is 21.7. The second-order valence-corrected chi connectivity index (χ2v) is 8.71. The number of thioether (sulfide) groups is 1. The van der Waals surface area contributed by atoms with E-state index in [9.17, 15) is 8.78 Å². The highest BCUT2D eigenvalue weighted by Crippen LogP contribution is 2.51. The Bertz CT molecular complexity index is 1270. The Morgan fingerprint density at radius 2 is 1.55 bits per heavy atom. The Hall–Kier alpha value is -3.18. The van der Waals surface area contributed by atoms with Crippen LogP contribution in [0.4, 0.5) is 8.78 Å². The van der Waals surface area contributed by atoms with Crippen molar-refractivity contribution in [1.29, 1.82) is 0 Å². The number of rotatable bonds is 2. The normalized spacial score (nSPS) is 19.4. The first-order valence-electron chi connectivity index (χ1n) is 10.3. The molecule has 5 heteroatoms. The molecule has 0 N–H and O–H groups in total. The van der Waals surface area contributed by atoms with E-state index in [0.717, 1.165) is 40.5 Å². The van der Waals surface area contributed by atoms with Gasteiger partial charge < -0.3 is 4.90 Å². The SMILES string of the molecule is Fc1ccc(C2=CSC3=NC4=C(CCc5ccccc54)[C@@H](c4ccc(F)cc4)N23)cc1. The van der Waals surface area contributed by atoms with Crippen LogP contribution in [0.5, 0.6) is 0 Å². The van der Waals surface area contributed by atoms with E-state index in [4.69, 9.17) is 4.99 Å². The maximum atomic E-state index is 13.7. The fraction of sp³-hybridized carbons (Fsp3) is 0.115. The van der Waals surface area contributed by atoms with E-state index in [1.165, 1.54) is 41.0 Å². The first-order chi connectivity index (χ1) is 15.2. The molecule has 3 aromatic carbocycles. The number of aliphatic imine (C=N–C) groups is 1. The van der Waals surface area contributed by atoms with Crippen LogP contribution in [0, 0.1) is 11.6 Å². The summed E-state index contributed by atoms with van der Waals surface area (Å²) in [5, 5.41) is 2.97. The molecule has 0 aromatic heterocycles. The molecule has 0 bridgehead atoms. The van der Waals surface area contributed by atoms with Crippen LogP contribution >= 0.6 is 11.8 Å². The molecule has 0 radical (unpaired) electrons. The van der Waals surface area contributed by atoms with Gasteiger partial charge in [-0.3, -0.25) is 0 Å². The molecule has 152 valence electrons. The molecule has 0 spiro atoms. The van der Waals surface area contributed by atoms with Crippen molar-refractivity contribution in [3.8, 4) is 0 Å². The van der Waals surface area contributed by atoms with Gasteiger partial charge in [0.1, 0.15) is 11.6 Å². The summed E-state index contributed by atoms with van der Waals surface area (Å²) in [5.41, 5.74) is 7.71. The molecule has 0 unspecified atom stereocenters. The molecule has 3 aromatic rings. The molecule has 1 aliphatic carbocycles. The average molecular weight is 429 g/mol. The summed E-state index contributed by atoms with van der Waals surface area (Å²) in [6.07, 6.45) is 1.84. The van der Waals surface area contributed by atoms with Crippen molar-refractivity contribution in [2.45, 2.75) is 18.9 Å². The van der Waals surface area contributed by atoms with Gasteiger partial charge in [-0.05, 0) is 71.5 Å². The summed E-state index contributed by atoms with van der Waals surface area (Å²) >= 11 is 1.58. The van der Waals surface area contributed by atoms with Crippen molar-refractivity contribution in [3.63, 3.8) is 0 Å². The summed E-state index contributed by atoms with van der Waals surface area (Å²) in [6.45, 7) is 0. The topological polar surface area (TPSA) is 15.6 Å². The highest BCUT2D eigenvalue weighted by Gasteiger charge is 2.40. The molecule has 3 aliphatic rings. The van der Waals surface area contributed by atoms with E-state index in [2.05, 4.69) is 34.6 Å². The lowest BCUT2D eigenvalue weighted by molar-refractivity contribution is 0.472. The molecule has 2 heterocycles. The highest BCUT2D eigenvalue weighted by molar-refractivity contribution is 8.16. The van der Waals surface area contributed by atoms with E-state index in [-0.39, 0.29) is 17.7 Å². The molecule has 31 heavy (non-hydrogen) atoms. The molecule has 2 aliphatic heterocycles. The minimum Gasteiger partial charge on any atom is -0.308 e. The zero-order valence-electron chi connectivity index (χ0n) is 16.6. The Labute approximate surface area is 183 Å². The maximum absolute atomic E-state index is 13.7. The van der Waals surface area contributed by atoms with Gasteiger partial charge in [-0.15, -0.1) is 0 Å². The molecule has 1 atom stereocenters. The predicted octanol–water partition coefficient (Wildman–Crippen LogP) is 6.78. The number of nitrogens with zero attached hydrogens (tertiary/aromatic N) is 2. The quantitative estimate of drug-likeness (QED) is 0.447. The number of hydrogen-bond donors (Lipinski definition) is 0. The number of benzene rings is 3. The van der Waals surface area contributed by atoms with Gasteiger partial charge in [0.15, 0.2) is 5.17 Å². The average Bonchev–Trinajstić information content (AvgIpc) is 3.22. The van der Waals surface area contributed by atoms with Crippen molar-refractivity contribution in [2.75, 3.05) is 0 Å². The van der Waals surface area contributed by atoms with Crippen LogP contribution in [0.2, 0.25) is 0 Å². The predicted molar refractivity (Wildman–Crippen MR) is 122 cm³/mol. The van der Waals surface area contributed by atoms with Gasteiger partial charge in [0.05, 0.1) is 17.4 Å². The van der Waals surface area contributed by atoms with Crippen molar-refractivity contribution in [3.05, 3.63) is 118 Å². The molecule has 0 saturated heterocycles. The third-order valence-corrected chi connectivity index (χ3v) is 6.94. The van der Waals surface area contributed by atoms with Gasteiger partial charge in [-0.1, -0.05) is 48.2 Å². The fourth-order valence-corrected chi connectivity index (χ4v) is 5.59. The van der Waals surface area contributed by atoms with Crippen LogP contribution in [-0.2, 0) is 6.42 Å². The zero-order chi connectivity index (χ0) is 20.9. The van der Waals surface area contributed by atoms with E-state index >= 15 is 0 Å². The van der Waals surface area contributed by atoms with Gasteiger partial charge in [0.2, 0.25) is 0 Å². The van der Waals surface area contributed by atoms with E-state index in [1.54, 1.807) is 23.9 Å². The van der Waals surface area contributed by atoms with Gasteiger partial charge in [-0.25, -0.2) is 13.8 Å². The number of hydrogen-bond acceptors (Lipinski definition) is 3. The van der Waals surface area contributed by atoms with Gasteiger partial charge in [0, 0.05) is 11.0 Å². The minimum absolute atomic E-state index is 0.0808. The minimum atomic E-state index is -0.258. The third-order valence-electron chi connectivity index (χ3n) is 6.10. The lowest BCUT2D eigenvalue weighted by Crippen LogP contribution is -2.34. The van der Waals surface area contributed by atoms with Crippen LogP contribution in [0.25, 0.3) is 11.4 Å². The Kier molecular flexibility index (Phi) is 4.32. The fourth-order valence-electron chi connectivity index (χ4n) is 4.66. The van der Waals surface area contributed by atoms with Gasteiger partial charge in [-0.2, -0.15) is 0 Å². The Morgan fingerprint density at radius 1 is 0.839 bits per heavy atom. The van der Waals surface area contributed by atoms with E-state index in [1.807, 2.05) is 12.1 Å². The number of amidine groups is 1. The van der Waals surface area contributed by atoms with Crippen LogP contribution in [-0.4, -0.2) is 10.1 Å². The molecular weight excluding hydrogens is 410 g/mol. The first-order valence-corrected chi connectivity index (χ1v) is 11.1. The van der Waals surface area contributed by atoms with Crippen LogP contribution in [0.3, 0.4) is 0 Å². The molecule has 0 fully saturated rings.